The maximum atomic E-state index is 9.11. The van der Waals surface area contributed by atoms with Crippen LogP contribution >= 0.6 is 11.6 Å². The fraction of sp³-hybridized carbons (Fsp3) is 0.462. The van der Waals surface area contributed by atoms with E-state index in [1.165, 1.54) is 0 Å². The van der Waals surface area contributed by atoms with Gasteiger partial charge in [-0.15, -0.1) is 0 Å². The minimum absolute atomic E-state index is 0.161. The van der Waals surface area contributed by atoms with Crippen LogP contribution < -0.4 is 10.6 Å². The van der Waals surface area contributed by atoms with Gasteiger partial charge in [0.1, 0.15) is 6.07 Å². The summed E-state index contributed by atoms with van der Waals surface area (Å²) in [5.74, 6) is 0.538. The Hall–Kier alpha value is -1.24. The van der Waals surface area contributed by atoms with E-state index >= 15 is 0 Å². The number of nitrogens with two attached hydrogens (primary N) is 1. The minimum atomic E-state index is 0.161. The quantitative estimate of drug-likeness (QED) is 0.832. The molecule has 0 aliphatic carbocycles. The van der Waals surface area contributed by atoms with E-state index in [0.717, 1.165) is 25.2 Å². The van der Waals surface area contributed by atoms with E-state index in [1.54, 1.807) is 12.1 Å². The van der Waals surface area contributed by atoms with Gasteiger partial charge in [0.05, 0.1) is 11.3 Å². The third-order valence-electron chi connectivity index (χ3n) is 3.44. The van der Waals surface area contributed by atoms with Gasteiger partial charge in [0.2, 0.25) is 0 Å². The molecule has 1 aromatic carbocycles. The summed E-state index contributed by atoms with van der Waals surface area (Å²) in [7, 11) is 0. The average Bonchev–Trinajstić information content (AvgIpc) is 2.32. The van der Waals surface area contributed by atoms with Gasteiger partial charge in [-0.2, -0.15) is 5.26 Å². The Kier molecular flexibility index (Phi) is 3.56. The van der Waals surface area contributed by atoms with Gasteiger partial charge < -0.3 is 10.6 Å². The van der Waals surface area contributed by atoms with Crippen molar-refractivity contribution in [2.45, 2.75) is 19.4 Å². The van der Waals surface area contributed by atoms with Crippen molar-refractivity contribution in [2.75, 3.05) is 18.0 Å². The molecule has 17 heavy (non-hydrogen) atoms. The molecular weight excluding hydrogens is 234 g/mol. The van der Waals surface area contributed by atoms with Crippen LogP contribution in [0.25, 0.3) is 0 Å². The topological polar surface area (TPSA) is 53.0 Å². The number of rotatable bonds is 1. The summed E-state index contributed by atoms with van der Waals surface area (Å²) >= 11 is 5.99. The molecule has 0 aromatic heterocycles. The molecule has 1 aliphatic rings. The first-order valence-corrected chi connectivity index (χ1v) is 6.20. The van der Waals surface area contributed by atoms with Gasteiger partial charge in [0, 0.05) is 24.2 Å². The lowest BCUT2D eigenvalue weighted by atomic mass is 9.93. The van der Waals surface area contributed by atoms with Crippen molar-refractivity contribution in [2.24, 2.45) is 11.7 Å². The van der Waals surface area contributed by atoms with E-state index in [0.29, 0.717) is 16.5 Å². The standard InChI is InChI=1S/C13H16ClN3/c1-9-4-5-17(8-12(9)16)13-6-11(14)3-2-10(13)7-15/h2-3,6,9,12H,4-5,8,16H2,1H3. The molecule has 3 nitrogen and oxygen atoms in total. The van der Waals surface area contributed by atoms with Crippen LogP contribution in [-0.4, -0.2) is 19.1 Å². The first kappa shape index (κ1) is 12.2. The predicted molar refractivity (Wildman–Crippen MR) is 70.1 cm³/mol. The van der Waals surface area contributed by atoms with Crippen LogP contribution in [0.4, 0.5) is 5.69 Å². The van der Waals surface area contributed by atoms with Crippen molar-refractivity contribution in [3.05, 3.63) is 28.8 Å². The number of nitrogens with zero attached hydrogens (tertiary/aromatic N) is 2. The second-order valence-corrected chi connectivity index (χ2v) is 5.09. The van der Waals surface area contributed by atoms with Crippen LogP contribution in [0.1, 0.15) is 18.9 Å². The highest BCUT2D eigenvalue weighted by Gasteiger charge is 2.24. The Bertz CT molecular complexity index is 452. The number of piperidine rings is 1. The molecule has 1 heterocycles. The Labute approximate surface area is 107 Å². The number of benzene rings is 1. The number of halogens is 1. The molecule has 90 valence electrons. The molecule has 0 spiro atoms. The second-order valence-electron chi connectivity index (χ2n) is 4.65. The summed E-state index contributed by atoms with van der Waals surface area (Å²) < 4.78 is 0. The van der Waals surface area contributed by atoms with Crippen LogP contribution in [0, 0.1) is 17.2 Å². The van der Waals surface area contributed by atoms with Crippen LogP contribution in [0.2, 0.25) is 5.02 Å². The summed E-state index contributed by atoms with van der Waals surface area (Å²) in [5.41, 5.74) is 7.65. The highest BCUT2D eigenvalue weighted by atomic mass is 35.5. The number of hydrogen-bond acceptors (Lipinski definition) is 3. The first-order chi connectivity index (χ1) is 8.11. The SMILES string of the molecule is CC1CCN(c2cc(Cl)ccc2C#N)CC1N. The van der Waals surface area contributed by atoms with Gasteiger partial charge in [0.25, 0.3) is 0 Å². The van der Waals surface area contributed by atoms with E-state index in [9.17, 15) is 0 Å². The number of anilines is 1. The maximum absolute atomic E-state index is 9.11. The fourth-order valence-electron chi connectivity index (χ4n) is 2.18. The van der Waals surface area contributed by atoms with Crippen LogP contribution in [0.15, 0.2) is 18.2 Å². The minimum Gasteiger partial charge on any atom is -0.369 e. The molecular formula is C13H16ClN3. The number of hydrogen-bond donors (Lipinski definition) is 1. The Morgan fingerprint density at radius 2 is 2.29 bits per heavy atom. The molecule has 1 saturated heterocycles. The fourth-order valence-corrected chi connectivity index (χ4v) is 2.35. The van der Waals surface area contributed by atoms with Gasteiger partial charge in [-0.25, -0.2) is 0 Å². The summed E-state index contributed by atoms with van der Waals surface area (Å²) in [4.78, 5) is 2.16. The van der Waals surface area contributed by atoms with Crippen LogP contribution in [0.5, 0.6) is 0 Å². The zero-order valence-corrected chi connectivity index (χ0v) is 10.6. The molecule has 1 aromatic rings. The smallest absolute Gasteiger partial charge is 0.101 e. The van der Waals surface area contributed by atoms with Gasteiger partial charge >= 0.3 is 0 Å². The maximum Gasteiger partial charge on any atom is 0.101 e. The predicted octanol–water partition coefficient (Wildman–Crippen LogP) is 2.39. The summed E-state index contributed by atoms with van der Waals surface area (Å²) in [5, 5.41) is 9.77. The highest BCUT2D eigenvalue weighted by molar-refractivity contribution is 6.30. The third kappa shape index (κ3) is 2.54. The molecule has 0 bridgehead atoms. The summed E-state index contributed by atoms with van der Waals surface area (Å²) in [6.45, 7) is 3.89. The van der Waals surface area contributed by atoms with Crippen LogP contribution in [-0.2, 0) is 0 Å². The molecule has 2 rings (SSSR count). The van der Waals surface area contributed by atoms with E-state index in [4.69, 9.17) is 22.6 Å². The normalized spacial score (nSPS) is 24.5. The molecule has 0 saturated carbocycles. The molecule has 0 amide bonds. The lowest BCUT2D eigenvalue weighted by Gasteiger charge is -2.37. The van der Waals surface area contributed by atoms with Crippen molar-refractivity contribution >= 4 is 17.3 Å². The van der Waals surface area contributed by atoms with Gasteiger partial charge in [0.15, 0.2) is 0 Å². The first-order valence-electron chi connectivity index (χ1n) is 5.82. The van der Waals surface area contributed by atoms with Crippen LogP contribution in [0.3, 0.4) is 0 Å². The van der Waals surface area contributed by atoms with E-state index < -0.39 is 0 Å². The Morgan fingerprint density at radius 1 is 1.53 bits per heavy atom. The second kappa shape index (κ2) is 4.95. The van der Waals surface area contributed by atoms with Gasteiger partial charge in [-0.1, -0.05) is 18.5 Å². The zero-order valence-electron chi connectivity index (χ0n) is 9.86. The van der Waals surface area contributed by atoms with Crippen molar-refractivity contribution in [3.63, 3.8) is 0 Å². The van der Waals surface area contributed by atoms with Crippen molar-refractivity contribution in [3.8, 4) is 6.07 Å². The highest BCUT2D eigenvalue weighted by Crippen LogP contribution is 2.28. The van der Waals surface area contributed by atoms with E-state index in [1.807, 2.05) is 6.07 Å². The molecule has 1 fully saturated rings. The van der Waals surface area contributed by atoms with Gasteiger partial charge in [-0.05, 0) is 30.5 Å². The molecule has 0 radical (unpaired) electrons. The van der Waals surface area contributed by atoms with Crippen molar-refractivity contribution in [1.82, 2.24) is 0 Å². The molecule has 2 atom stereocenters. The van der Waals surface area contributed by atoms with Gasteiger partial charge in [-0.3, -0.25) is 0 Å². The third-order valence-corrected chi connectivity index (χ3v) is 3.67. The van der Waals surface area contributed by atoms with E-state index in [-0.39, 0.29) is 6.04 Å². The zero-order chi connectivity index (χ0) is 12.4. The van der Waals surface area contributed by atoms with Crippen molar-refractivity contribution in [1.29, 1.82) is 5.26 Å². The monoisotopic (exact) mass is 249 g/mol. The number of nitriles is 1. The average molecular weight is 250 g/mol. The lowest BCUT2D eigenvalue weighted by Crippen LogP contribution is -2.47. The van der Waals surface area contributed by atoms with E-state index in [2.05, 4.69) is 17.9 Å². The largest absolute Gasteiger partial charge is 0.369 e. The van der Waals surface area contributed by atoms with Crippen molar-refractivity contribution < 1.29 is 0 Å². The molecule has 2 N–H and O–H groups in total. The molecule has 4 heteroatoms. The Balaban J connectivity index is 2.28. The Morgan fingerprint density at radius 3 is 2.94 bits per heavy atom. The summed E-state index contributed by atoms with van der Waals surface area (Å²) in [6, 6.07) is 7.73. The molecule has 2 unspecified atom stereocenters. The lowest BCUT2D eigenvalue weighted by molar-refractivity contribution is 0.379. The molecule has 1 aliphatic heterocycles. The summed E-state index contributed by atoms with van der Waals surface area (Å²) in [6.07, 6.45) is 1.05.